The molecular formula is C22H21N5O2S. The molecular weight excluding hydrogens is 398 g/mol. The van der Waals surface area contributed by atoms with Gasteiger partial charge in [-0.3, -0.25) is 4.79 Å². The van der Waals surface area contributed by atoms with E-state index in [1.54, 1.807) is 11.8 Å². The molecule has 0 bridgehead atoms. The number of thioether (sulfide) groups is 1. The van der Waals surface area contributed by atoms with Crippen molar-refractivity contribution in [2.45, 2.75) is 18.1 Å². The van der Waals surface area contributed by atoms with Crippen LogP contribution in [0.15, 0.2) is 71.9 Å². The maximum atomic E-state index is 12.5. The molecule has 0 radical (unpaired) electrons. The molecule has 4 rings (SSSR count). The van der Waals surface area contributed by atoms with E-state index in [0.29, 0.717) is 5.16 Å². The van der Waals surface area contributed by atoms with Gasteiger partial charge in [-0.2, -0.15) is 4.68 Å². The third kappa shape index (κ3) is 4.44. The van der Waals surface area contributed by atoms with Crippen LogP contribution in [0.3, 0.4) is 0 Å². The number of aromatic nitrogens is 4. The molecule has 0 fully saturated rings. The van der Waals surface area contributed by atoms with Gasteiger partial charge in [0.2, 0.25) is 11.1 Å². The highest BCUT2D eigenvalue weighted by atomic mass is 32.2. The van der Waals surface area contributed by atoms with E-state index in [2.05, 4.69) is 45.1 Å². The molecule has 8 heteroatoms. The van der Waals surface area contributed by atoms with Gasteiger partial charge >= 0.3 is 0 Å². The molecule has 0 spiro atoms. The van der Waals surface area contributed by atoms with Crippen LogP contribution in [0.5, 0.6) is 5.75 Å². The molecule has 1 aromatic heterocycles. The van der Waals surface area contributed by atoms with Crippen LogP contribution in [0.1, 0.15) is 18.5 Å². The van der Waals surface area contributed by atoms with Gasteiger partial charge in [-0.1, -0.05) is 48.2 Å². The summed E-state index contributed by atoms with van der Waals surface area (Å²) >= 11 is 1.29. The summed E-state index contributed by atoms with van der Waals surface area (Å²) in [4.78, 5) is 12.5. The molecule has 7 nitrogen and oxygen atoms in total. The lowest BCUT2D eigenvalue weighted by molar-refractivity contribution is -0.119. The van der Waals surface area contributed by atoms with E-state index >= 15 is 0 Å². The Balaban J connectivity index is 1.38. The van der Waals surface area contributed by atoms with E-state index in [1.807, 2.05) is 49.4 Å². The highest BCUT2D eigenvalue weighted by molar-refractivity contribution is 7.99. The largest absolute Gasteiger partial charge is 0.497 e. The number of tetrazole rings is 1. The zero-order chi connectivity index (χ0) is 20.9. The van der Waals surface area contributed by atoms with E-state index in [0.717, 1.165) is 22.4 Å². The second kappa shape index (κ2) is 8.96. The van der Waals surface area contributed by atoms with Gasteiger partial charge in [-0.15, -0.1) is 5.10 Å². The lowest BCUT2D eigenvalue weighted by Crippen LogP contribution is -2.28. The summed E-state index contributed by atoms with van der Waals surface area (Å²) < 4.78 is 6.78. The summed E-state index contributed by atoms with van der Waals surface area (Å²) in [5.41, 5.74) is 1.86. The van der Waals surface area contributed by atoms with E-state index < -0.39 is 0 Å². The number of methoxy groups -OCH3 is 1. The monoisotopic (exact) mass is 419 g/mol. The fourth-order valence-electron chi connectivity index (χ4n) is 3.13. The fourth-order valence-corrected chi connectivity index (χ4v) is 3.83. The standard InChI is InChI=1S/C22H21N5O2S/c1-15(17-8-7-16-5-3-4-6-18(16)13-17)23-21(28)14-30-22-24-25-26-27(22)19-9-11-20(29-2)12-10-19/h3-13,15H,14H2,1-2H3,(H,23,28). The molecule has 0 aliphatic rings. The van der Waals surface area contributed by atoms with Gasteiger partial charge in [0, 0.05) is 0 Å². The Labute approximate surface area is 178 Å². The van der Waals surface area contributed by atoms with E-state index in [1.165, 1.54) is 17.1 Å². The number of hydrogen-bond acceptors (Lipinski definition) is 6. The Hall–Kier alpha value is -3.39. The molecule has 4 aromatic rings. The lowest BCUT2D eigenvalue weighted by atomic mass is 10.0. The number of amides is 1. The molecule has 1 N–H and O–H groups in total. The minimum Gasteiger partial charge on any atom is -0.497 e. The first-order chi connectivity index (χ1) is 14.6. The van der Waals surface area contributed by atoms with Crippen molar-refractivity contribution in [3.63, 3.8) is 0 Å². The van der Waals surface area contributed by atoms with E-state index in [-0.39, 0.29) is 17.7 Å². The quantitative estimate of drug-likeness (QED) is 0.459. The zero-order valence-corrected chi connectivity index (χ0v) is 17.5. The molecule has 30 heavy (non-hydrogen) atoms. The summed E-state index contributed by atoms with van der Waals surface area (Å²) in [6.07, 6.45) is 0. The first-order valence-electron chi connectivity index (χ1n) is 9.48. The molecule has 1 amide bonds. The molecule has 0 aliphatic heterocycles. The highest BCUT2D eigenvalue weighted by Gasteiger charge is 2.14. The maximum absolute atomic E-state index is 12.5. The van der Waals surface area contributed by atoms with Crippen LogP contribution in [-0.4, -0.2) is 39.0 Å². The van der Waals surface area contributed by atoms with Crippen molar-refractivity contribution < 1.29 is 9.53 Å². The molecule has 1 unspecified atom stereocenters. The average molecular weight is 420 g/mol. The van der Waals surface area contributed by atoms with Crippen molar-refractivity contribution >= 4 is 28.4 Å². The molecule has 0 saturated carbocycles. The molecule has 152 valence electrons. The minimum absolute atomic E-state index is 0.0788. The lowest BCUT2D eigenvalue weighted by Gasteiger charge is -2.15. The van der Waals surface area contributed by atoms with Gasteiger partial charge in [0.15, 0.2) is 0 Å². The summed E-state index contributed by atoms with van der Waals surface area (Å²) in [5.74, 6) is 0.891. The predicted octanol–water partition coefficient (Wildman–Crippen LogP) is 3.79. The maximum Gasteiger partial charge on any atom is 0.230 e. The number of nitrogens with one attached hydrogen (secondary N) is 1. The number of nitrogens with zero attached hydrogens (tertiary/aromatic N) is 4. The van der Waals surface area contributed by atoms with Crippen molar-refractivity contribution in [1.82, 2.24) is 25.5 Å². The number of fused-ring (bicyclic) bond motifs is 1. The summed E-state index contributed by atoms with van der Waals surface area (Å²) in [7, 11) is 1.62. The average Bonchev–Trinajstić information content (AvgIpc) is 3.26. The van der Waals surface area contributed by atoms with E-state index in [9.17, 15) is 4.79 Å². The highest BCUT2D eigenvalue weighted by Crippen LogP contribution is 2.22. The van der Waals surface area contributed by atoms with Crippen LogP contribution >= 0.6 is 11.8 Å². The van der Waals surface area contributed by atoms with Gasteiger partial charge < -0.3 is 10.1 Å². The SMILES string of the molecule is COc1ccc(-n2nnnc2SCC(=O)NC(C)c2ccc3ccccc3c2)cc1. The minimum atomic E-state index is -0.0970. The number of rotatable bonds is 7. The van der Waals surface area contributed by atoms with Gasteiger partial charge in [-0.25, -0.2) is 0 Å². The fraction of sp³-hybridized carbons (Fsp3) is 0.182. The second-order valence-electron chi connectivity index (χ2n) is 6.76. The van der Waals surface area contributed by atoms with Crippen LogP contribution in [0.2, 0.25) is 0 Å². The van der Waals surface area contributed by atoms with E-state index in [4.69, 9.17) is 4.74 Å². The topological polar surface area (TPSA) is 81.9 Å². The Kier molecular flexibility index (Phi) is 5.94. The first kappa shape index (κ1) is 19.9. The van der Waals surface area contributed by atoms with Gasteiger partial charge in [-0.05, 0) is 64.0 Å². The second-order valence-corrected chi connectivity index (χ2v) is 7.70. The number of carbonyl (C=O) groups excluding carboxylic acids is 1. The third-order valence-electron chi connectivity index (χ3n) is 4.74. The van der Waals surface area contributed by atoms with Gasteiger partial charge in [0.05, 0.1) is 24.6 Å². The number of ether oxygens (including phenoxy) is 1. The zero-order valence-electron chi connectivity index (χ0n) is 16.6. The third-order valence-corrected chi connectivity index (χ3v) is 5.66. The van der Waals surface area contributed by atoms with Crippen molar-refractivity contribution in [2.75, 3.05) is 12.9 Å². The van der Waals surface area contributed by atoms with Crippen LogP contribution in [-0.2, 0) is 4.79 Å². The van der Waals surface area contributed by atoms with Crippen molar-refractivity contribution in [3.8, 4) is 11.4 Å². The molecule has 1 atom stereocenters. The number of benzene rings is 3. The number of hydrogen-bond donors (Lipinski definition) is 1. The molecule has 3 aromatic carbocycles. The van der Waals surface area contributed by atoms with Crippen LogP contribution in [0.25, 0.3) is 16.5 Å². The van der Waals surface area contributed by atoms with Gasteiger partial charge in [0.1, 0.15) is 5.75 Å². The number of carbonyl (C=O) groups is 1. The summed E-state index contributed by atoms with van der Waals surface area (Å²) in [6, 6.07) is 21.7. The Bertz CT molecular complexity index is 1160. The molecule has 1 heterocycles. The van der Waals surface area contributed by atoms with Crippen LogP contribution < -0.4 is 10.1 Å². The Morgan fingerprint density at radius 3 is 2.63 bits per heavy atom. The molecule has 0 saturated heterocycles. The normalized spacial score (nSPS) is 11.9. The van der Waals surface area contributed by atoms with Gasteiger partial charge in [0.25, 0.3) is 0 Å². The molecule has 0 aliphatic carbocycles. The smallest absolute Gasteiger partial charge is 0.230 e. The summed E-state index contributed by atoms with van der Waals surface area (Å²) in [5, 5.41) is 17.7. The first-order valence-corrected chi connectivity index (χ1v) is 10.5. The van der Waals surface area contributed by atoms with Crippen molar-refractivity contribution in [1.29, 1.82) is 0 Å². The predicted molar refractivity (Wildman–Crippen MR) is 117 cm³/mol. The van der Waals surface area contributed by atoms with Crippen LogP contribution in [0, 0.1) is 0 Å². The van der Waals surface area contributed by atoms with Crippen LogP contribution in [0.4, 0.5) is 0 Å². The van der Waals surface area contributed by atoms with Crippen molar-refractivity contribution in [2.24, 2.45) is 0 Å². The summed E-state index contributed by atoms with van der Waals surface area (Å²) in [6.45, 7) is 1.98. The van der Waals surface area contributed by atoms with Crippen molar-refractivity contribution in [3.05, 3.63) is 72.3 Å². The Morgan fingerprint density at radius 1 is 1.10 bits per heavy atom. The Morgan fingerprint density at radius 2 is 1.87 bits per heavy atom.